The van der Waals surface area contributed by atoms with E-state index in [9.17, 15) is 9.18 Å². The fraction of sp³-hybridized carbons (Fsp3) is 0.111. The molecule has 7 heteroatoms. The molecule has 0 unspecified atom stereocenters. The van der Waals surface area contributed by atoms with Crippen LogP contribution < -0.4 is 5.32 Å². The molecule has 0 saturated carbocycles. The van der Waals surface area contributed by atoms with Crippen LogP contribution in [0.25, 0.3) is 0 Å². The third-order valence-electron chi connectivity index (χ3n) is 3.77. The summed E-state index contributed by atoms with van der Waals surface area (Å²) in [5, 5.41) is 3.31. The first-order chi connectivity index (χ1) is 12.0. The van der Waals surface area contributed by atoms with E-state index in [1.165, 1.54) is 12.1 Å². The van der Waals surface area contributed by atoms with E-state index in [1.807, 2.05) is 0 Å². The number of benzene rings is 2. The smallest absolute Gasteiger partial charge is 0.253 e. The Morgan fingerprint density at radius 3 is 2.68 bits per heavy atom. The van der Waals surface area contributed by atoms with Crippen LogP contribution in [-0.4, -0.2) is 15.5 Å². The lowest BCUT2D eigenvalue weighted by Gasteiger charge is -2.20. The first kappa shape index (κ1) is 17.5. The summed E-state index contributed by atoms with van der Waals surface area (Å²) in [7, 11) is 1.80. The molecule has 0 fully saturated rings. The number of aryl methyl sites for hydroxylation is 1. The predicted octanol–water partition coefficient (Wildman–Crippen LogP) is 4.39. The van der Waals surface area contributed by atoms with Crippen LogP contribution in [0.15, 0.2) is 54.9 Å². The predicted molar refractivity (Wildman–Crippen MR) is 95.4 cm³/mol. The lowest BCUT2D eigenvalue weighted by molar-refractivity contribution is 0.0941. The number of carbonyl (C=O) groups excluding carboxylic acids is 1. The Morgan fingerprint density at radius 2 is 2.00 bits per heavy atom. The number of amides is 1. The van der Waals surface area contributed by atoms with Gasteiger partial charge in [-0.1, -0.05) is 41.4 Å². The lowest BCUT2D eigenvalue weighted by Crippen LogP contribution is -2.31. The van der Waals surface area contributed by atoms with Crippen LogP contribution in [0.5, 0.6) is 0 Å². The van der Waals surface area contributed by atoms with Crippen LogP contribution in [0.1, 0.15) is 27.8 Å². The second-order valence-electron chi connectivity index (χ2n) is 5.46. The van der Waals surface area contributed by atoms with E-state index in [1.54, 1.807) is 54.3 Å². The first-order valence-electron chi connectivity index (χ1n) is 7.45. The van der Waals surface area contributed by atoms with Crippen molar-refractivity contribution >= 4 is 29.1 Å². The van der Waals surface area contributed by atoms with Gasteiger partial charge < -0.3 is 9.88 Å². The highest BCUT2D eigenvalue weighted by Crippen LogP contribution is 2.27. The van der Waals surface area contributed by atoms with E-state index in [0.29, 0.717) is 11.4 Å². The molecule has 1 N–H and O–H groups in total. The summed E-state index contributed by atoms with van der Waals surface area (Å²) in [6.45, 7) is 0. The van der Waals surface area contributed by atoms with E-state index in [0.717, 1.165) is 0 Å². The van der Waals surface area contributed by atoms with Crippen LogP contribution in [0.2, 0.25) is 10.0 Å². The number of hydrogen-bond donors (Lipinski definition) is 1. The van der Waals surface area contributed by atoms with E-state index in [4.69, 9.17) is 23.2 Å². The van der Waals surface area contributed by atoms with Gasteiger partial charge in [0.05, 0.1) is 15.6 Å². The van der Waals surface area contributed by atoms with Crippen molar-refractivity contribution < 1.29 is 9.18 Å². The number of carbonyl (C=O) groups is 1. The van der Waals surface area contributed by atoms with E-state index in [-0.39, 0.29) is 15.6 Å². The Morgan fingerprint density at radius 1 is 1.24 bits per heavy atom. The molecule has 0 spiro atoms. The molecular formula is C18H14Cl2FN3O. The molecule has 2 aromatic carbocycles. The Bertz CT molecular complexity index is 926. The van der Waals surface area contributed by atoms with Gasteiger partial charge in [-0.05, 0) is 29.8 Å². The van der Waals surface area contributed by atoms with Crippen molar-refractivity contribution in [2.45, 2.75) is 6.04 Å². The Hall–Kier alpha value is -2.37. The summed E-state index contributed by atoms with van der Waals surface area (Å²) >= 11 is 12.1. The molecule has 25 heavy (non-hydrogen) atoms. The van der Waals surface area contributed by atoms with Crippen molar-refractivity contribution in [3.05, 3.63) is 87.7 Å². The number of aromatic nitrogens is 2. The molecule has 1 aromatic heterocycles. The largest absolute Gasteiger partial charge is 0.338 e. The standard InChI is InChI=1S/C18H14Cl2FN3O/c1-24-9-8-22-17(24)16(11-4-2-5-12(21)10-11)23-18(25)13-6-3-7-14(19)15(13)20/h2-10,16H,1H3,(H,23,25)/t16-/m0/s1. The highest BCUT2D eigenvalue weighted by atomic mass is 35.5. The summed E-state index contributed by atoms with van der Waals surface area (Å²) in [6.07, 6.45) is 3.36. The van der Waals surface area contributed by atoms with E-state index in [2.05, 4.69) is 10.3 Å². The van der Waals surface area contributed by atoms with Gasteiger partial charge in [-0.25, -0.2) is 9.37 Å². The second-order valence-corrected chi connectivity index (χ2v) is 6.24. The number of halogens is 3. The minimum Gasteiger partial charge on any atom is -0.338 e. The summed E-state index contributed by atoms with van der Waals surface area (Å²) in [4.78, 5) is 17.0. The molecule has 3 rings (SSSR count). The Labute approximate surface area is 154 Å². The minimum atomic E-state index is -0.641. The fourth-order valence-corrected chi connectivity index (χ4v) is 2.91. The highest BCUT2D eigenvalue weighted by Gasteiger charge is 2.23. The van der Waals surface area contributed by atoms with Gasteiger partial charge >= 0.3 is 0 Å². The number of hydrogen-bond acceptors (Lipinski definition) is 2. The average molecular weight is 378 g/mol. The van der Waals surface area contributed by atoms with E-state index >= 15 is 0 Å². The second kappa shape index (κ2) is 7.25. The molecule has 4 nitrogen and oxygen atoms in total. The molecule has 128 valence electrons. The van der Waals surface area contributed by atoms with Gasteiger partial charge in [0, 0.05) is 19.4 Å². The molecule has 1 atom stereocenters. The summed E-state index contributed by atoms with van der Waals surface area (Å²) in [5.74, 6) is -0.256. The SMILES string of the molecule is Cn1ccnc1[C@@H](NC(=O)c1cccc(Cl)c1Cl)c1cccc(F)c1. The average Bonchev–Trinajstić information content (AvgIpc) is 3.00. The molecule has 1 heterocycles. The van der Waals surface area contributed by atoms with Gasteiger partial charge in [0.15, 0.2) is 0 Å². The molecule has 3 aromatic rings. The van der Waals surface area contributed by atoms with Gasteiger partial charge in [-0.2, -0.15) is 0 Å². The van der Waals surface area contributed by atoms with Gasteiger partial charge in [0.25, 0.3) is 5.91 Å². The maximum absolute atomic E-state index is 13.7. The molecule has 0 aliphatic rings. The van der Waals surface area contributed by atoms with Gasteiger partial charge in [0.1, 0.15) is 17.7 Å². The van der Waals surface area contributed by atoms with Gasteiger partial charge in [-0.3, -0.25) is 4.79 Å². The van der Waals surface area contributed by atoms with Crippen LogP contribution in [-0.2, 0) is 7.05 Å². The molecule has 0 aliphatic carbocycles. The third kappa shape index (κ3) is 3.67. The number of imidazole rings is 1. The zero-order valence-electron chi connectivity index (χ0n) is 13.2. The van der Waals surface area contributed by atoms with Crippen LogP contribution >= 0.6 is 23.2 Å². The fourth-order valence-electron chi connectivity index (χ4n) is 2.53. The van der Waals surface area contributed by atoms with Crippen molar-refractivity contribution in [3.8, 4) is 0 Å². The summed E-state index contributed by atoms with van der Waals surface area (Å²) < 4.78 is 15.4. The van der Waals surface area contributed by atoms with Crippen molar-refractivity contribution in [2.75, 3.05) is 0 Å². The molecule has 0 radical (unpaired) electrons. The quantitative estimate of drug-likeness (QED) is 0.732. The van der Waals surface area contributed by atoms with Gasteiger partial charge in [-0.15, -0.1) is 0 Å². The van der Waals surface area contributed by atoms with Crippen molar-refractivity contribution in [3.63, 3.8) is 0 Å². The molecule has 0 aliphatic heterocycles. The molecule has 0 saturated heterocycles. The Kier molecular flexibility index (Phi) is 5.06. The number of nitrogens with zero attached hydrogens (tertiary/aromatic N) is 2. The first-order valence-corrected chi connectivity index (χ1v) is 8.20. The minimum absolute atomic E-state index is 0.166. The van der Waals surface area contributed by atoms with E-state index < -0.39 is 17.8 Å². The number of rotatable bonds is 4. The summed E-state index contributed by atoms with van der Waals surface area (Å²) in [6, 6.07) is 10.2. The topological polar surface area (TPSA) is 46.9 Å². The summed E-state index contributed by atoms with van der Waals surface area (Å²) in [5.41, 5.74) is 0.811. The zero-order chi connectivity index (χ0) is 18.0. The normalized spacial score (nSPS) is 12.0. The van der Waals surface area contributed by atoms with Crippen LogP contribution in [0, 0.1) is 5.82 Å². The third-order valence-corrected chi connectivity index (χ3v) is 4.59. The molecule has 1 amide bonds. The van der Waals surface area contributed by atoms with Crippen molar-refractivity contribution in [1.29, 1.82) is 0 Å². The number of nitrogens with one attached hydrogen (secondary N) is 1. The lowest BCUT2D eigenvalue weighted by atomic mass is 10.0. The van der Waals surface area contributed by atoms with Crippen LogP contribution in [0.3, 0.4) is 0 Å². The van der Waals surface area contributed by atoms with Crippen LogP contribution in [0.4, 0.5) is 4.39 Å². The monoisotopic (exact) mass is 377 g/mol. The molecule has 0 bridgehead atoms. The van der Waals surface area contributed by atoms with Crippen molar-refractivity contribution in [1.82, 2.24) is 14.9 Å². The maximum atomic E-state index is 13.7. The zero-order valence-corrected chi connectivity index (χ0v) is 14.7. The Balaban J connectivity index is 2.00. The van der Waals surface area contributed by atoms with Gasteiger partial charge in [0.2, 0.25) is 0 Å². The highest BCUT2D eigenvalue weighted by molar-refractivity contribution is 6.43. The van der Waals surface area contributed by atoms with Crippen molar-refractivity contribution in [2.24, 2.45) is 7.05 Å². The maximum Gasteiger partial charge on any atom is 0.253 e. The molecular weight excluding hydrogens is 364 g/mol.